The third kappa shape index (κ3) is 2.99. The number of hydrogen-bond acceptors (Lipinski definition) is 3. The Kier molecular flexibility index (Phi) is 3.46. The highest BCUT2D eigenvalue weighted by atomic mass is 16.4. The van der Waals surface area contributed by atoms with Gasteiger partial charge in [-0.1, -0.05) is 0 Å². The van der Waals surface area contributed by atoms with Gasteiger partial charge in [-0.25, -0.2) is 0 Å². The zero-order chi connectivity index (χ0) is 10.7. The van der Waals surface area contributed by atoms with Crippen molar-refractivity contribution in [3.8, 4) is 0 Å². The molecule has 0 aromatic carbocycles. The van der Waals surface area contributed by atoms with Gasteiger partial charge in [0.25, 0.3) is 0 Å². The van der Waals surface area contributed by atoms with Crippen molar-refractivity contribution in [2.45, 2.75) is 31.7 Å². The van der Waals surface area contributed by atoms with E-state index in [1.807, 2.05) is 0 Å². The summed E-state index contributed by atoms with van der Waals surface area (Å²) in [6.07, 6.45) is 2.75. The lowest BCUT2D eigenvalue weighted by molar-refractivity contribution is -0.140. The van der Waals surface area contributed by atoms with Gasteiger partial charge in [0, 0.05) is 6.42 Å². The van der Waals surface area contributed by atoms with Gasteiger partial charge < -0.3 is 16.6 Å². The first kappa shape index (κ1) is 11.0. The molecule has 0 aromatic rings. The molecule has 1 saturated carbocycles. The van der Waals surface area contributed by atoms with Crippen molar-refractivity contribution < 1.29 is 14.7 Å². The van der Waals surface area contributed by atoms with Crippen molar-refractivity contribution in [2.24, 2.45) is 23.3 Å². The minimum atomic E-state index is -0.994. The number of nitrogens with two attached hydrogens (primary N) is 2. The number of rotatable bonds is 6. The third-order valence-corrected chi connectivity index (χ3v) is 2.70. The fourth-order valence-corrected chi connectivity index (χ4v) is 1.72. The molecule has 1 amide bonds. The maximum absolute atomic E-state index is 10.7. The van der Waals surface area contributed by atoms with Crippen LogP contribution in [0.5, 0.6) is 0 Å². The van der Waals surface area contributed by atoms with Crippen LogP contribution < -0.4 is 11.5 Å². The van der Waals surface area contributed by atoms with E-state index in [2.05, 4.69) is 0 Å². The lowest BCUT2D eigenvalue weighted by atomic mass is 9.90. The van der Waals surface area contributed by atoms with Crippen LogP contribution in [0.2, 0.25) is 0 Å². The van der Waals surface area contributed by atoms with Gasteiger partial charge in [0.1, 0.15) is 6.04 Å². The van der Waals surface area contributed by atoms with Crippen LogP contribution in [-0.4, -0.2) is 23.0 Å². The van der Waals surface area contributed by atoms with Crippen molar-refractivity contribution in [3.05, 3.63) is 0 Å². The molecule has 0 aliphatic heterocycles. The smallest absolute Gasteiger partial charge is 0.320 e. The highest BCUT2D eigenvalue weighted by Crippen LogP contribution is 2.40. The first-order valence-electron chi connectivity index (χ1n) is 4.79. The fraction of sp³-hybridized carbons (Fsp3) is 0.778. The minimum Gasteiger partial charge on any atom is -0.480 e. The van der Waals surface area contributed by atoms with Gasteiger partial charge in [-0.15, -0.1) is 0 Å². The molecule has 0 bridgehead atoms. The summed E-state index contributed by atoms with van der Waals surface area (Å²) in [4.78, 5) is 21.2. The van der Waals surface area contributed by atoms with Crippen molar-refractivity contribution in [2.75, 3.05) is 0 Å². The molecule has 80 valence electrons. The lowest BCUT2D eigenvalue weighted by Crippen LogP contribution is -2.39. The highest BCUT2D eigenvalue weighted by molar-refractivity contribution is 5.75. The Morgan fingerprint density at radius 2 is 2.00 bits per heavy atom. The molecule has 0 spiro atoms. The van der Waals surface area contributed by atoms with Crippen LogP contribution in [0.4, 0.5) is 0 Å². The average Bonchev–Trinajstić information content (AvgIpc) is 2.87. The molecule has 1 aliphatic rings. The highest BCUT2D eigenvalue weighted by Gasteiger charge is 2.37. The van der Waals surface area contributed by atoms with Crippen molar-refractivity contribution in [1.82, 2.24) is 0 Å². The molecular weight excluding hydrogens is 184 g/mol. The van der Waals surface area contributed by atoms with E-state index in [1.54, 1.807) is 0 Å². The first-order valence-corrected chi connectivity index (χ1v) is 4.79. The molecule has 1 aliphatic carbocycles. The Morgan fingerprint density at radius 1 is 1.43 bits per heavy atom. The number of carboxylic acids is 1. The third-order valence-electron chi connectivity index (χ3n) is 2.70. The van der Waals surface area contributed by atoms with E-state index in [0.29, 0.717) is 12.3 Å². The van der Waals surface area contributed by atoms with Crippen LogP contribution in [0.1, 0.15) is 25.7 Å². The second kappa shape index (κ2) is 4.41. The summed E-state index contributed by atoms with van der Waals surface area (Å²) in [5.41, 5.74) is 10.5. The largest absolute Gasteiger partial charge is 0.480 e. The number of carboxylic acid groups (broad SMARTS) is 1. The van der Waals surface area contributed by atoms with E-state index < -0.39 is 17.9 Å². The molecule has 1 rings (SSSR count). The van der Waals surface area contributed by atoms with Gasteiger partial charge in [0.2, 0.25) is 5.91 Å². The SMILES string of the molecule is NC(=O)CCC(C1CC1)C(N)C(=O)O. The molecule has 0 saturated heterocycles. The minimum absolute atomic E-state index is 0.0972. The van der Waals surface area contributed by atoms with Crippen LogP contribution in [0.3, 0.4) is 0 Å². The summed E-state index contributed by atoms with van der Waals surface area (Å²) in [6, 6.07) is -0.859. The topological polar surface area (TPSA) is 106 Å². The Balaban J connectivity index is 2.46. The van der Waals surface area contributed by atoms with Crippen LogP contribution in [0.25, 0.3) is 0 Å². The van der Waals surface area contributed by atoms with Gasteiger partial charge >= 0.3 is 5.97 Å². The summed E-state index contributed by atoms with van der Waals surface area (Å²) in [5, 5.41) is 8.75. The van der Waals surface area contributed by atoms with Crippen LogP contribution in [0.15, 0.2) is 0 Å². The number of carbonyl (C=O) groups is 2. The summed E-state index contributed by atoms with van der Waals surface area (Å²) < 4.78 is 0. The predicted molar refractivity (Wildman–Crippen MR) is 50.3 cm³/mol. The van der Waals surface area contributed by atoms with Gasteiger partial charge in [-0.3, -0.25) is 9.59 Å². The maximum Gasteiger partial charge on any atom is 0.320 e. The predicted octanol–water partition coefficient (Wildman–Crippen LogP) is -0.310. The van der Waals surface area contributed by atoms with Crippen LogP contribution in [-0.2, 0) is 9.59 Å². The molecule has 5 N–H and O–H groups in total. The van der Waals surface area contributed by atoms with Crippen molar-refractivity contribution in [1.29, 1.82) is 0 Å². The summed E-state index contributed by atoms with van der Waals surface area (Å²) >= 11 is 0. The Morgan fingerprint density at radius 3 is 2.36 bits per heavy atom. The van der Waals surface area contributed by atoms with Gasteiger partial charge in [0.05, 0.1) is 0 Å². The number of amides is 1. The Labute approximate surface area is 82.5 Å². The van der Waals surface area contributed by atoms with Crippen molar-refractivity contribution >= 4 is 11.9 Å². The van der Waals surface area contributed by atoms with Gasteiger partial charge in [-0.2, -0.15) is 0 Å². The van der Waals surface area contributed by atoms with E-state index in [9.17, 15) is 9.59 Å². The number of carbonyl (C=O) groups excluding carboxylic acids is 1. The molecule has 2 unspecified atom stereocenters. The maximum atomic E-state index is 10.7. The molecule has 2 atom stereocenters. The second-order valence-electron chi connectivity index (χ2n) is 3.87. The van der Waals surface area contributed by atoms with E-state index in [1.165, 1.54) is 0 Å². The average molecular weight is 200 g/mol. The number of aliphatic carboxylic acids is 1. The summed E-state index contributed by atoms with van der Waals surface area (Å²) in [7, 11) is 0. The summed E-state index contributed by atoms with van der Waals surface area (Å²) in [6.45, 7) is 0. The molecular formula is C9H16N2O3. The quantitative estimate of drug-likeness (QED) is 0.546. The molecule has 0 aromatic heterocycles. The van der Waals surface area contributed by atoms with E-state index >= 15 is 0 Å². The molecule has 0 heterocycles. The lowest BCUT2D eigenvalue weighted by Gasteiger charge is -2.19. The standard InChI is InChI=1S/C9H16N2O3/c10-7(12)4-3-6(5-1-2-5)8(11)9(13)14/h5-6,8H,1-4,11H2,(H2,10,12)(H,13,14). The second-order valence-corrected chi connectivity index (χ2v) is 3.87. The van der Waals surface area contributed by atoms with Crippen molar-refractivity contribution in [3.63, 3.8) is 0 Å². The summed E-state index contributed by atoms with van der Waals surface area (Å²) in [5.74, 6) is -1.11. The van der Waals surface area contributed by atoms with Crippen LogP contribution in [0, 0.1) is 11.8 Å². The first-order chi connectivity index (χ1) is 6.52. The number of hydrogen-bond donors (Lipinski definition) is 3. The molecule has 0 radical (unpaired) electrons. The van der Waals surface area contributed by atoms with Crippen LogP contribution >= 0.6 is 0 Å². The van der Waals surface area contributed by atoms with E-state index in [4.69, 9.17) is 16.6 Å². The fourth-order valence-electron chi connectivity index (χ4n) is 1.72. The zero-order valence-electron chi connectivity index (χ0n) is 7.98. The van der Waals surface area contributed by atoms with E-state index in [0.717, 1.165) is 12.8 Å². The Hall–Kier alpha value is -1.10. The molecule has 1 fully saturated rings. The normalized spacial score (nSPS) is 20.1. The monoisotopic (exact) mass is 200 g/mol. The van der Waals surface area contributed by atoms with E-state index in [-0.39, 0.29) is 12.3 Å². The molecule has 14 heavy (non-hydrogen) atoms. The number of primary amides is 1. The van der Waals surface area contributed by atoms with Gasteiger partial charge in [0.15, 0.2) is 0 Å². The zero-order valence-corrected chi connectivity index (χ0v) is 7.98. The Bertz CT molecular complexity index is 238. The molecule has 5 nitrogen and oxygen atoms in total. The molecule has 5 heteroatoms. The van der Waals surface area contributed by atoms with Gasteiger partial charge in [-0.05, 0) is 31.1 Å².